The van der Waals surface area contributed by atoms with E-state index in [0.29, 0.717) is 19.4 Å². The summed E-state index contributed by atoms with van der Waals surface area (Å²) in [6.07, 6.45) is 3.12. The predicted molar refractivity (Wildman–Crippen MR) is 62.6 cm³/mol. The molecule has 2 unspecified atom stereocenters. The molecule has 0 aliphatic carbocycles. The van der Waals surface area contributed by atoms with E-state index >= 15 is 0 Å². The molecule has 0 aromatic rings. The number of piperidine rings is 1. The summed E-state index contributed by atoms with van der Waals surface area (Å²) in [5.41, 5.74) is 0. The second-order valence-corrected chi connectivity index (χ2v) is 5.09. The third-order valence-electron chi connectivity index (χ3n) is 3.87. The van der Waals surface area contributed by atoms with Crippen LogP contribution < -0.4 is 5.32 Å². The molecule has 0 radical (unpaired) electrons. The fraction of sp³-hybridized carbons (Fsp3) is 0.833. The molecular formula is C12H20N2O3. The number of hydrogen-bond acceptors (Lipinski definition) is 3. The number of carbonyl (C=O) groups is 2. The van der Waals surface area contributed by atoms with Crippen LogP contribution >= 0.6 is 0 Å². The number of aliphatic carboxylic acids is 1. The fourth-order valence-electron chi connectivity index (χ4n) is 2.82. The lowest BCUT2D eigenvalue weighted by Gasteiger charge is -2.37. The van der Waals surface area contributed by atoms with Crippen molar-refractivity contribution in [2.75, 3.05) is 13.1 Å². The molecule has 2 N–H and O–H groups in total. The maximum atomic E-state index is 12.2. The molecule has 1 amide bonds. The maximum absolute atomic E-state index is 12.2. The van der Waals surface area contributed by atoms with Gasteiger partial charge in [-0.1, -0.05) is 0 Å². The second kappa shape index (κ2) is 5.04. The van der Waals surface area contributed by atoms with Gasteiger partial charge in [0.2, 0.25) is 5.91 Å². The van der Waals surface area contributed by atoms with Crippen LogP contribution in [-0.2, 0) is 9.59 Å². The van der Waals surface area contributed by atoms with Gasteiger partial charge in [-0.2, -0.15) is 0 Å². The van der Waals surface area contributed by atoms with Gasteiger partial charge in [-0.15, -0.1) is 0 Å². The van der Waals surface area contributed by atoms with Crippen molar-refractivity contribution in [3.63, 3.8) is 0 Å². The average molecular weight is 240 g/mol. The third kappa shape index (κ3) is 2.60. The summed E-state index contributed by atoms with van der Waals surface area (Å²) < 4.78 is 0. The Bertz CT molecular complexity index is 313. The standard InChI is InChI=1S/C12H20N2O3/c1-8-7-9(12(16)17)4-6-14(8)11(15)10-3-2-5-13-10/h8-10,13H,2-7H2,1H3,(H,16,17)/t8?,9?,10-/m0/s1. The van der Waals surface area contributed by atoms with Crippen LogP contribution in [0.3, 0.4) is 0 Å². The number of hydrogen-bond donors (Lipinski definition) is 2. The quantitative estimate of drug-likeness (QED) is 0.735. The first kappa shape index (κ1) is 12.4. The molecule has 2 heterocycles. The van der Waals surface area contributed by atoms with E-state index < -0.39 is 5.97 Å². The first-order valence-corrected chi connectivity index (χ1v) is 6.36. The molecule has 5 heteroatoms. The summed E-state index contributed by atoms with van der Waals surface area (Å²) in [6, 6.07) is -0.00132. The normalized spacial score (nSPS) is 33.7. The van der Waals surface area contributed by atoms with Crippen LogP contribution in [-0.4, -0.2) is 47.1 Å². The highest BCUT2D eigenvalue weighted by Gasteiger charge is 2.35. The first-order valence-electron chi connectivity index (χ1n) is 6.36. The number of nitrogens with one attached hydrogen (secondary N) is 1. The summed E-state index contributed by atoms with van der Waals surface area (Å²) >= 11 is 0. The minimum absolute atomic E-state index is 0.0414. The molecule has 17 heavy (non-hydrogen) atoms. The van der Waals surface area contributed by atoms with Crippen molar-refractivity contribution in [3.05, 3.63) is 0 Å². The van der Waals surface area contributed by atoms with E-state index in [1.807, 2.05) is 11.8 Å². The Morgan fingerprint density at radius 2 is 2.12 bits per heavy atom. The molecule has 3 atom stereocenters. The van der Waals surface area contributed by atoms with Gasteiger partial charge in [0.05, 0.1) is 12.0 Å². The van der Waals surface area contributed by atoms with Gasteiger partial charge in [0.1, 0.15) is 0 Å². The summed E-state index contributed by atoms with van der Waals surface area (Å²) in [4.78, 5) is 25.0. The van der Waals surface area contributed by atoms with E-state index in [1.54, 1.807) is 0 Å². The molecule has 5 nitrogen and oxygen atoms in total. The molecule has 0 bridgehead atoms. The van der Waals surface area contributed by atoms with Crippen molar-refractivity contribution >= 4 is 11.9 Å². The maximum Gasteiger partial charge on any atom is 0.306 e. The SMILES string of the molecule is CC1CC(C(=O)O)CCN1C(=O)[C@@H]1CCCN1. The minimum Gasteiger partial charge on any atom is -0.481 e. The van der Waals surface area contributed by atoms with Gasteiger partial charge in [0, 0.05) is 12.6 Å². The number of carboxylic acids is 1. The molecule has 0 saturated carbocycles. The minimum atomic E-state index is -0.733. The Kier molecular flexibility index (Phi) is 3.66. The first-order chi connectivity index (χ1) is 8.09. The molecular weight excluding hydrogens is 220 g/mol. The van der Waals surface area contributed by atoms with Gasteiger partial charge in [0.25, 0.3) is 0 Å². The van der Waals surface area contributed by atoms with Crippen LogP contribution in [0.4, 0.5) is 0 Å². The molecule has 2 rings (SSSR count). The topological polar surface area (TPSA) is 69.6 Å². The van der Waals surface area contributed by atoms with Gasteiger partial charge in [-0.05, 0) is 39.2 Å². The summed E-state index contributed by atoms with van der Waals surface area (Å²) in [5.74, 6) is -0.868. The molecule has 0 aromatic heterocycles. The third-order valence-corrected chi connectivity index (χ3v) is 3.87. The van der Waals surface area contributed by atoms with Crippen molar-refractivity contribution < 1.29 is 14.7 Å². The largest absolute Gasteiger partial charge is 0.481 e. The molecule has 2 saturated heterocycles. The predicted octanol–water partition coefficient (Wildman–Crippen LogP) is 0.450. The lowest BCUT2D eigenvalue weighted by Crippen LogP contribution is -2.51. The van der Waals surface area contributed by atoms with Crippen LogP contribution in [0.1, 0.15) is 32.6 Å². The number of amides is 1. The highest BCUT2D eigenvalue weighted by molar-refractivity contribution is 5.83. The molecule has 2 aliphatic rings. The summed E-state index contributed by atoms with van der Waals surface area (Å²) in [6.45, 7) is 3.44. The number of likely N-dealkylation sites (tertiary alicyclic amines) is 1. The van der Waals surface area contributed by atoms with Crippen LogP contribution in [0, 0.1) is 5.92 Å². The smallest absolute Gasteiger partial charge is 0.306 e. The Morgan fingerprint density at radius 3 is 2.65 bits per heavy atom. The molecule has 0 spiro atoms. The highest BCUT2D eigenvalue weighted by atomic mass is 16.4. The number of nitrogens with zero attached hydrogens (tertiary/aromatic N) is 1. The van der Waals surface area contributed by atoms with E-state index in [2.05, 4.69) is 5.32 Å². The van der Waals surface area contributed by atoms with E-state index in [9.17, 15) is 9.59 Å². The lowest BCUT2D eigenvalue weighted by atomic mass is 9.91. The van der Waals surface area contributed by atoms with Gasteiger partial charge in [0.15, 0.2) is 0 Å². The van der Waals surface area contributed by atoms with Crippen molar-refractivity contribution in [2.45, 2.75) is 44.7 Å². The van der Waals surface area contributed by atoms with Crippen molar-refractivity contribution in [1.82, 2.24) is 10.2 Å². The zero-order valence-electron chi connectivity index (χ0n) is 10.2. The van der Waals surface area contributed by atoms with Crippen molar-refractivity contribution in [3.8, 4) is 0 Å². The molecule has 2 fully saturated rings. The Balaban J connectivity index is 1.94. The Hall–Kier alpha value is -1.10. The van der Waals surface area contributed by atoms with Crippen LogP contribution in [0.15, 0.2) is 0 Å². The van der Waals surface area contributed by atoms with Crippen LogP contribution in [0.5, 0.6) is 0 Å². The molecule has 0 aromatic carbocycles. The van der Waals surface area contributed by atoms with Crippen LogP contribution in [0.2, 0.25) is 0 Å². The fourth-order valence-corrected chi connectivity index (χ4v) is 2.82. The van der Waals surface area contributed by atoms with Crippen molar-refractivity contribution in [1.29, 1.82) is 0 Å². The number of carboxylic acid groups (broad SMARTS) is 1. The van der Waals surface area contributed by atoms with Crippen molar-refractivity contribution in [2.24, 2.45) is 5.92 Å². The summed E-state index contributed by atoms with van der Waals surface area (Å²) in [5, 5.41) is 12.2. The van der Waals surface area contributed by atoms with E-state index in [-0.39, 0.29) is 23.9 Å². The Morgan fingerprint density at radius 1 is 1.35 bits per heavy atom. The van der Waals surface area contributed by atoms with Gasteiger partial charge in [-0.25, -0.2) is 0 Å². The van der Waals surface area contributed by atoms with E-state index in [4.69, 9.17) is 5.11 Å². The van der Waals surface area contributed by atoms with Gasteiger partial charge in [-0.3, -0.25) is 9.59 Å². The van der Waals surface area contributed by atoms with Crippen LogP contribution in [0.25, 0.3) is 0 Å². The Labute approximate surface area is 101 Å². The van der Waals surface area contributed by atoms with E-state index in [1.165, 1.54) is 0 Å². The number of carbonyl (C=O) groups excluding carboxylic acids is 1. The number of rotatable bonds is 2. The zero-order chi connectivity index (χ0) is 12.4. The van der Waals surface area contributed by atoms with Gasteiger partial charge < -0.3 is 15.3 Å². The lowest BCUT2D eigenvalue weighted by molar-refractivity contribution is -0.148. The molecule has 2 aliphatic heterocycles. The second-order valence-electron chi connectivity index (χ2n) is 5.09. The molecule has 96 valence electrons. The highest BCUT2D eigenvalue weighted by Crippen LogP contribution is 2.24. The zero-order valence-corrected chi connectivity index (χ0v) is 10.2. The summed E-state index contributed by atoms with van der Waals surface area (Å²) in [7, 11) is 0. The average Bonchev–Trinajstić information content (AvgIpc) is 2.81. The monoisotopic (exact) mass is 240 g/mol. The van der Waals surface area contributed by atoms with Gasteiger partial charge >= 0.3 is 5.97 Å². The van der Waals surface area contributed by atoms with E-state index in [0.717, 1.165) is 19.4 Å².